The quantitative estimate of drug-likeness (QED) is 0.261. The Morgan fingerprint density at radius 3 is 2.29 bits per heavy atom. The van der Waals surface area contributed by atoms with Gasteiger partial charge in [0.05, 0.1) is 0 Å². The fourth-order valence-corrected chi connectivity index (χ4v) is 1.26. The van der Waals surface area contributed by atoms with E-state index in [9.17, 15) is 8.42 Å². The maximum atomic E-state index is 11.1. The predicted molar refractivity (Wildman–Crippen MR) is 51.8 cm³/mol. The van der Waals surface area contributed by atoms with Gasteiger partial charge in [-0.15, -0.1) is 0 Å². The van der Waals surface area contributed by atoms with Gasteiger partial charge in [0.1, 0.15) is 5.69 Å². The topological polar surface area (TPSA) is 150 Å². The summed E-state index contributed by atoms with van der Waals surface area (Å²) in [6, 6.07) is 0. The van der Waals surface area contributed by atoms with Crippen LogP contribution in [0.4, 0.5) is 17.3 Å². The molecule has 0 aliphatic rings. The second-order valence-electron chi connectivity index (χ2n) is 2.57. The van der Waals surface area contributed by atoms with E-state index in [1.165, 1.54) is 0 Å². The maximum absolute atomic E-state index is 11.1. The van der Waals surface area contributed by atoms with E-state index in [1.54, 1.807) is 0 Å². The zero-order valence-electron chi connectivity index (χ0n) is 7.35. The molecular formula is C5H10N6O2S. The monoisotopic (exact) mass is 218 g/mol. The number of aromatic nitrogens is 2. The van der Waals surface area contributed by atoms with Crippen LogP contribution in [-0.4, -0.2) is 24.6 Å². The first-order chi connectivity index (χ1) is 6.36. The molecule has 9 heteroatoms. The Bertz CT molecular complexity index is 456. The van der Waals surface area contributed by atoms with Gasteiger partial charge in [-0.1, -0.05) is 0 Å². The van der Waals surface area contributed by atoms with E-state index in [4.69, 9.17) is 17.3 Å². The van der Waals surface area contributed by atoms with Gasteiger partial charge >= 0.3 is 0 Å². The number of anilines is 3. The molecule has 1 aromatic heterocycles. The summed E-state index contributed by atoms with van der Waals surface area (Å²) < 4.78 is 22.1. The number of nitrogens with one attached hydrogen (secondary N) is 1. The molecule has 0 fully saturated rings. The molecule has 0 radical (unpaired) electrons. The van der Waals surface area contributed by atoms with Gasteiger partial charge in [0.2, 0.25) is 9.84 Å². The molecule has 14 heavy (non-hydrogen) atoms. The number of nitrogens with two attached hydrogens (primary N) is 3. The van der Waals surface area contributed by atoms with E-state index in [0.717, 1.165) is 6.26 Å². The number of rotatable bonds is 2. The normalized spacial score (nSPS) is 11.3. The average molecular weight is 218 g/mol. The lowest BCUT2D eigenvalue weighted by Gasteiger charge is -2.07. The van der Waals surface area contributed by atoms with Crippen LogP contribution in [0, 0.1) is 0 Å². The standard InChI is InChI=1S/C5H10N6O2S/c1-14(12,13)5-9-3(7)2(6)4(10-5)11-8/h6,8H2,1H3,(H3,7,9,10,11). The minimum absolute atomic E-state index is 0.0138. The van der Waals surface area contributed by atoms with Gasteiger partial charge in [0, 0.05) is 6.26 Å². The summed E-state index contributed by atoms with van der Waals surface area (Å²) in [5.74, 6) is 4.91. The molecule has 0 aliphatic heterocycles. The Morgan fingerprint density at radius 2 is 1.86 bits per heavy atom. The Morgan fingerprint density at radius 1 is 1.29 bits per heavy atom. The van der Waals surface area contributed by atoms with Crippen LogP contribution in [0.5, 0.6) is 0 Å². The van der Waals surface area contributed by atoms with E-state index in [1.807, 2.05) is 0 Å². The molecule has 0 saturated heterocycles. The molecule has 0 unspecified atom stereocenters. The van der Waals surface area contributed by atoms with Crippen molar-refractivity contribution in [3.05, 3.63) is 0 Å². The molecule has 7 N–H and O–H groups in total. The molecule has 0 spiro atoms. The SMILES string of the molecule is CS(=O)(=O)c1nc(N)c(N)c(NN)n1. The van der Waals surface area contributed by atoms with Gasteiger partial charge in [0.25, 0.3) is 5.16 Å². The lowest BCUT2D eigenvalue weighted by molar-refractivity contribution is 0.593. The summed E-state index contributed by atoms with van der Waals surface area (Å²) in [4.78, 5) is 7.09. The fourth-order valence-electron chi connectivity index (χ4n) is 0.741. The highest BCUT2D eigenvalue weighted by molar-refractivity contribution is 7.90. The molecule has 1 rings (SSSR count). The van der Waals surface area contributed by atoms with Gasteiger partial charge in [-0.25, -0.2) is 14.3 Å². The smallest absolute Gasteiger partial charge is 0.250 e. The van der Waals surface area contributed by atoms with Gasteiger partial charge in [-0.2, -0.15) is 9.97 Å². The Kier molecular flexibility index (Phi) is 2.45. The van der Waals surface area contributed by atoms with Gasteiger partial charge < -0.3 is 16.9 Å². The van der Waals surface area contributed by atoms with Crippen LogP contribution in [0.2, 0.25) is 0 Å². The second-order valence-corrected chi connectivity index (χ2v) is 4.48. The molecule has 0 saturated carbocycles. The molecule has 1 heterocycles. The highest BCUT2D eigenvalue weighted by Crippen LogP contribution is 2.21. The summed E-state index contributed by atoms with van der Waals surface area (Å²) in [5.41, 5.74) is 12.9. The van der Waals surface area contributed by atoms with Crippen LogP contribution in [0.25, 0.3) is 0 Å². The molecule has 0 aromatic carbocycles. The first-order valence-corrected chi connectivity index (χ1v) is 5.35. The Hall–Kier alpha value is -1.61. The van der Waals surface area contributed by atoms with Crippen LogP contribution in [0.1, 0.15) is 0 Å². The Labute approximate surface area is 80.4 Å². The largest absolute Gasteiger partial charge is 0.393 e. The van der Waals surface area contributed by atoms with E-state index in [-0.39, 0.29) is 17.3 Å². The average Bonchev–Trinajstić information content (AvgIpc) is 2.07. The lowest BCUT2D eigenvalue weighted by Crippen LogP contribution is -2.16. The summed E-state index contributed by atoms with van der Waals surface area (Å²) >= 11 is 0. The van der Waals surface area contributed by atoms with Gasteiger partial charge in [-0.05, 0) is 0 Å². The van der Waals surface area contributed by atoms with Gasteiger partial charge in [-0.3, -0.25) is 0 Å². The molecule has 78 valence electrons. The predicted octanol–water partition coefficient (Wildman–Crippen LogP) is -1.67. The fraction of sp³-hybridized carbons (Fsp3) is 0.200. The maximum Gasteiger partial charge on any atom is 0.250 e. The van der Waals surface area contributed by atoms with Crippen molar-refractivity contribution in [1.29, 1.82) is 0 Å². The number of sulfone groups is 1. The zero-order valence-corrected chi connectivity index (χ0v) is 8.17. The van der Waals surface area contributed by atoms with Crippen molar-refractivity contribution in [2.24, 2.45) is 5.84 Å². The zero-order chi connectivity index (χ0) is 10.9. The van der Waals surface area contributed by atoms with Crippen LogP contribution in [0.15, 0.2) is 5.16 Å². The summed E-state index contributed by atoms with van der Waals surface area (Å²) in [6.07, 6.45) is 0.957. The highest BCUT2D eigenvalue weighted by atomic mass is 32.2. The van der Waals surface area contributed by atoms with Crippen molar-refractivity contribution < 1.29 is 8.42 Å². The molecular weight excluding hydrogens is 208 g/mol. The minimum Gasteiger partial charge on any atom is -0.393 e. The number of hydrazine groups is 1. The van der Waals surface area contributed by atoms with Gasteiger partial charge in [0.15, 0.2) is 11.6 Å². The molecule has 0 bridgehead atoms. The number of hydrogen-bond donors (Lipinski definition) is 4. The van der Waals surface area contributed by atoms with Crippen molar-refractivity contribution in [2.75, 3.05) is 23.1 Å². The third-order valence-corrected chi connectivity index (χ3v) is 2.27. The van der Waals surface area contributed by atoms with E-state index in [2.05, 4.69) is 15.4 Å². The number of hydrogen-bond acceptors (Lipinski definition) is 8. The van der Waals surface area contributed by atoms with E-state index >= 15 is 0 Å². The number of nitrogens with zero attached hydrogens (tertiary/aromatic N) is 2. The van der Waals surface area contributed by atoms with Crippen molar-refractivity contribution in [1.82, 2.24) is 9.97 Å². The van der Waals surface area contributed by atoms with Crippen LogP contribution < -0.4 is 22.7 Å². The molecule has 1 aromatic rings. The van der Waals surface area contributed by atoms with E-state index < -0.39 is 15.0 Å². The summed E-state index contributed by atoms with van der Waals surface area (Å²) in [7, 11) is -3.53. The second kappa shape index (κ2) is 3.27. The molecule has 8 nitrogen and oxygen atoms in total. The van der Waals surface area contributed by atoms with Crippen molar-refractivity contribution in [3.63, 3.8) is 0 Å². The lowest BCUT2D eigenvalue weighted by atomic mass is 10.4. The summed E-state index contributed by atoms with van der Waals surface area (Å²) in [5, 5.41) is -0.419. The van der Waals surface area contributed by atoms with Crippen LogP contribution in [-0.2, 0) is 9.84 Å². The minimum atomic E-state index is -3.53. The Balaban J connectivity index is 3.46. The van der Waals surface area contributed by atoms with Crippen molar-refractivity contribution in [2.45, 2.75) is 5.16 Å². The molecule has 0 aliphatic carbocycles. The first kappa shape index (κ1) is 10.5. The highest BCUT2D eigenvalue weighted by Gasteiger charge is 2.16. The first-order valence-electron chi connectivity index (χ1n) is 3.46. The third-order valence-electron chi connectivity index (χ3n) is 1.42. The summed E-state index contributed by atoms with van der Waals surface area (Å²) in [6.45, 7) is 0. The third kappa shape index (κ3) is 1.83. The van der Waals surface area contributed by atoms with Crippen LogP contribution in [0.3, 0.4) is 0 Å². The van der Waals surface area contributed by atoms with Crippen molar-refractivity contribution in [3.8, 4) is 0 Å². The van der Waals surface area contributed by atoms with E-state index in [0.29, 0.717) is 0 Å². The van der Waals surface area contributed by atoms with Crippen molar-refractivity contribution >= 4 is 27.2 Å². The number of nitrogen functional groups attached to an aromatic ring is 3. The molecule has 0 amide bonds. The van der Waals surface area contributed by atoms with Crippen LogP contribution >= 0.6 is 0 Å². The molecule has 0 atom stereocenters.